The summed E-state index contributed by atoms with van der Waals surface area (Å²) in [5, 5.41) is 8.96. The summed E-state index contributed by atoms with van der Waals surface area (Å²) in [6.45, 7) is 1.40. The summed E-state index contributed by atoms with van der Waals surface area (Å²) in [7, 11) is 0. The average molecular weight is 392 g/mol. The number of hydrogen-bond acceptors (Lipinski definition) is 3. The molecule has 0 saturated heterocycles. The highest BCUT2D eigenvalue weighted by atomic mass is 16.2. The molecule has 0 unspecified atom stereocenters. The van der Waals surface area contributed by atoms with E-state index in [2.05, 4.69) is 22.0 Å². The molecule has 3 rings (SSSR count). The molecule has 0 aliphatic heterocycles. The third-order valence-electron chi connectivity index (χ3n) is 5.05. The van der Waals surface area contributed by atoms with Crippen LogP contribution in [0, 0.1) is 0 Å². The van der Waals surface area contributed by atoms with Crippen LogP contribution >= 0.6 is 0 Å². The Balaban J connectivity index is 1.36. The Morgan fingerprint density at radius 3 is 2.41 bits per heavy atom. The number of carbonyl (C=O) groups is 2. The summed E-state index contributed by atoms with van der Waals surface area (Å²) in [6, 6.07) is 17.0. The summed E-state index contributed by atoms with van der Waals surface area (Å²) in [6.07, 6.45) is 8.14. The van der Waals surface area contributed by atoms with Crippen LogP contribution in [-0.2, 0) is 11.3 Å². The van der Waals surface area contributed by atoms with E-state index >= 15 is 0 Å². The second-order valence-corrected chi connectivity index (χ2v) is 7.31. The first-order valence-electron chi connectivity index (χ1n) is 10.3. The van der Waals surface area contributed by atoms with Gasteiger partial charge in [0.1, 0.15) is 0 Å². The van der Waals surface area contributed by atoms with E-state index in [1.54, 1.807) is 12.1 Å². The molecule has 3 N–H and O–H groups in total. The van der Waals surface area contributed by atoms with Crippen molar-refractivity contribution in [1.82, 2.24) is 10.6 Å². The van der Waals surface area contributed by atoms with Crippen molar-refractivity contribution in [2.24, 2.45) is 0 Å². The van der Waals surface area contributed by atoms with Crippen molar-refractivity contribution in [2.45, 2.75) is 38.6 Å². The van der Waals surface area contributed by atoms with E-state index < -0.39 is 0 Å². The lowest BCUT2D eigenvalue weighted by Gasteiger charge is -2.13. The zero-order valence-corrected chi connectivity index (χ0v) is 16.7. The molecule has 2 aromatic rings. The minimum Gasteiger partial charge on any atom is -0.376 e. The molecule has 0 aromatic heterocycles. The number of amides is 2. The Bertz CT molecular complexity index is 829. The molecule has 0 radical (unpaired) electrons. The van der Waals surface area contributed by atoms with Gasteiger partial charge in [0.05, 0.1) is 6.54 Å². The van der Waals surface area contributed by atoms with Gasteiger partial charge in [-0.2, -0.15) is 0 Å². The van der Waals surface area contributed by atoms with Gasteiger partial charge in [-0.05, 0) is 61.9 Å². The molecule has 1 aliphatic rings. The van der Waals surface area contributed by atoms with Crippen molar-refractivity contribution in [1.29, 1.82) is 0 Å². The Hall–Kier alpha value is -3.08. The summed E-state index contributed by atoms with van der Waals surface area (Å²) in [5.74, 6) is -0.138. The molecule has 1 aliphatic carbocycles. The zero-order valence-electron chi connectivity index (χ0n) is 16.7. The maximum atomic E-state index is 12.2. The predicted molar refractivity (Wildman–Crippen MR) is 117 cm³/mol. The van der Waals surface area contributed by atoms with Gasteiger partial charge in [-0.1, -0.05) is 42.0 Å². The van der Waals surface area contributed by atoms with Crippen LogP contribution in [0.25, 0.3) is 0 Å². The van der Waals surface area contributed by atoms with Gasteiger partial charge in [0.2, 0.25) is 5.91 Å². The van der Waals surface area contributed by atoms with Crippen LogP contribution in [0.4, 0.5) is 5.69 Å². The van der Waals surface area contributed by atoms with Gasteiger partial charge in [-0.15, -0.1) is 0 Å². The number of hydrogen-bond donors (Lipinski definition) is 3. The van der Waals surface area contributed by atoms with E-state index in [0.29, 0.717) is 18.7 Å². The second kappa shape index (κ2) is 11.1. The quantitative estimate of drug-likeness (QED) is 0.565. The average Bonchev–Trinajstić information content (AvgIpc) is 2.78. The minimum atomic E-state index is -0.116. The number of allylic oxidation sites excluding steroid dienone is 1. The van der Waals surface area contributed by atoms with Gasteiger partial charge in [0, 0.05) is 24.3 Å². The van der Waals surface area contributed by atoms with E-state index in [9.17, 15) is 9.59 Å². The summed E-state index contributed by atoms with van der Waals surface area (Å²) < 4.78 is 0. The highest BCUT2D eigenvalue weighted by Crippen LogP contribution is 2.19. The number of carbonyl (C=O) groups excluding carboxylic acids is 2. The Labute approximate surface area is 172 Å². The van der Waals surface area contributed by atoms with Gasteiger partial charge in [-0.25, -0.2) is 0 Å². The number of nitrogens with one attached hydrogen (secondary N) is 3. The third-order valence-corrected chi connectivity index (χ3v) is 5.05. The molecule has 5 heteroatoms. The highest BCUT2D eigenvalue weighted by Gasteiger charge is 2.07. The highest BCUT2D eigenvalue weighted by molar-refractivity contribution is 5.94. The molecule has 0 heterocycles. The molecule has 152 valence electrons. The van der Waals surface area contributed by atoms with Crippen molar-refractivity contribution in [3.05, 3.63) is 77.4 Å². The van der Waals surface area contributed by atoms with Crippen molar-refractivity contribution < 1.29 is 9.59 Å². The number of benzene rings is 2. The summed E-state index contributed by atoms with van der Waals surface area (Å²) >= 11 is 0. The third kappa shape index (κ3) is 7.11. The molecule has 29 heavy (non-hydrogen) atoms. The van der Waals surface area contributed by atoms with Gasteiger partial charge in [-0.3, -0.25) is 9.59 Å². The maximum absolute atomic E-state index is 12.2. The van der Waals surface area contributed by atoms with Gasteiger partial charge < -0.3 is 16.0 Å². The van der Waals surface area contributed by atoms with Gasteiger partial charge in [0.25, 0.3) is 5.91 Å². The Kier molecular flexibility index (Phi) is 7.87. The molecule has 0 bridgehead atoms. The van der Waals surface area contributed by atoms with E-state index in [-0.39, 0.29) is 18.4 Å². The van der Waals surface area contributed by atoms with Gasteiger partial charge in [0.15, 0.2) is 0 Å². The van der Waals surface area contributed by atoms with Crippen LogP contribution < -0.4 is 16.0 Å². The second-order valence-electron chi connectivity index (χ2n) is 7.31. The maximum Gasteiger partial charge on any atom is 0.251 e. The molecule has 5 nitrogen and oxygen atoms in total. The molecule has 2 amide bonds. The van der Waals surface area contributed by atoms with Crippen molar-refractivity contribution >= 4 is 17.5 Å². The number of rotatable bonds is 9. The molecule has 2 aromatic carbocycles. The Morgan fingerprint density at radius 1 is 0.897 bits per heavy atom. The molecular weight excluding hydrogens is 362 g/mol. The monoisotopic (exact) mass is 391 g/mol. The van der Waals surface area contributed by atoms with Gasteiger partial charge >= 0.3 is 0 Å². The van der Waals surface area contributed by atoms with Crippen LogP contribution in [0.1, 0.15) is 48.0 Å². The zero-order chi connectivity index (χ0) is 20.3. The SMILES string of the molecule is O=C(CNc1ccc(C(=O)NCc2ccccc2)cc1)NCCC1=CCCCC1. The fourth-order valence-corrected chi connectivity index (χ4v) is 3.36. The van der Waals surface area contributed by atoms with Crippen LogP contribution in [0.5, 0.6) is 0 Å². The first-order chi connectivity index (χ1) is 14.2. The van der Waals surface area contributed by atoms with E-state index in [1.165, 1.54) is 31.3 Å². The fraction of sp³-hybridized carbons (Fsp3) is 0.333. The first-order valence-corrected chi connectivity index (χ1v) is 10.3. The van der Waals surface area contributed by atoms with Crippen molar-refractivity contribution in [3.63, 3.8) is 0 Å². The molecule has 0 spiro atoms. The largest absolute Gasteiger partial charge is 0.376 e. The van der Waals surface area contributed by atoms with Crippen LogP contribution in [0.3, 0.4) is 0 Å². The normalized spacial score (nSPS) is 13.3. The van der Waals surface area contributed by atoms with E-state index in [4.69, 9.17) is 0 Å². The van der Waals surface area contributed by atoms with E-state index in [1.807, 2.05) is 42.5 Å². The fourth-order valence-electron chi connectivity index (χ4n) is 3.36. The lowest BCUT2D eigenvalue weighted by molar-refractivity contribution is -0.119. The first kappa shape index (κ1) is 20.6. The van der Waals surface area contributed by atoms with E-state index in [0.717, 1.165) is 17.7 Å². The lowest BCUT2D eigenvalue weighted by Crippen LogP contribution is -2.30. The topological polar surface area (TPSA) is 70.2 Å². The lowest BCUT2D eigenvalue weighted by atomic mass is 9.97. The molecule has 0 fully saturated rings. The molecule has 0 atom stereocenters. The standard InChI is InChI=1S/C24H29N3O2/c28-23(25-16-15-19-7-3-1-4-8-19)18-26-22-13-11-21(12-14-22)24(29)27-17-20-9-5-2-6-10-20/h2,5-7,9-14,26H,1,3-4,8,15-18H2,(H,25,28)(H,27,29). The minimum absolute atomic E-state index is 0.0221. The summed E-state index contributed by atoms with van der Waals surface area (Å²) in [4.78, 5) is 24.2. The summed E-state index contributed by atoms with van der Waals surface area (Å²) in [5.41, 5.74) is 3.93. The van der Waals surface area contributed by atoms with Crippen molar-refractivity contribution in [2.75, 3.05) is 18.4 Å². The predicted octanol–water partition coefficient (Wildman–Crippen LogP) is 4.04. The Morgan fingerprint density at radius 2 is 1.69 bits per heavy atom. The number of anilines is 1. The molecular formula is C24H29N3O2. The van der Waals surface area contributed by atoms with Crippen LogP contribution in [0.15, 0.2) is 66.2 Å². The molecule has 0 saturated carbocycles. The van der Waals surface area contributed by atoms with Crippen molar-refractivity contribution in [3.8, 4) is 0 Å². The van der Waals surface area contributed by atoms with Crippen LogP contribution in [0.2, 0.25) is 0 Å². The smallest absolute Gasteiger partial charge is 0.251 e. The van der Waals surface area contributed by atoms with Crippen LogP contribution in [-0.4, -0.2) is 24.9 Å².